The predicted octanol–water partition coefficient (Wildman–Crippen LogP) is 2.08. The Kier molecular flexibility index (Phi) is 5.63. The first-order valence-electron chi connectivity index (χ1n) is 6.51. The molecule has 1 aliphatic rings. The first-order chi connectivity index (χ1) is 9.19. The number of hydrogen-bond acceptors (Lipinski definition) is 4. The molecule has 1 aromatic rings. The van der Waals surface area contributed by atoms with Crippen LogP contribution in [0.3, 0.4) is 0 Å². The molecule has 0 aliphatic carbocycles. The Bertz CT molecular complexity index is 417. The minimum Gasteiger partial charge on any atom is -0.372 e. The van der Waals surface area contributed by atoms with E-state index in [1.807, 2.05) is 17.9 Å². The Balaban J connectivity index is 1.74. The fraction of sp³-hybridized carbons (Fsp3) is 0.615. The van der Waals surface area contributed by atoms with E-state index < -0.39 is 0 Å². The van der Waals surface area contributed by atoms with Gasteiger partial charge in [0.1, 0.15) is 6.61 Å². The summed E-state index contributed by atoms with van der Waals surface area (Å²) in [5.41, 5.74) is 0. The molecule has 0 aromatic carbocycles. The van der Waals surface area contributed by atoms with Crippen molar-refractivity contribution in [1.82, 2.24) is 9.80 Å². The second-order valence-corrected chi connectivity index (χ2v) is 6.30. The van der Waals surface area contributed by atoms with Crippen molar-refractivity contribution in [3.05, 3.63) is 21.3 Å². The predicted molar refractivity (Wildman–Crippen MR) is 77.7 cm³/mol. The largest absolute Gasteiger partial charge is 0.372 e. The molecule has 1 aromatic heterocycles. The van der Waals surface area contributed by atoms with Crippen molar-refractivity contribution in [2.75, 3.05) is 39.4 Å². The molecule has 19 heavy (non-hydrogen) atoms. The van der Waals surface area contributed by atoms with Crippen LogP contribution in [-0.2, 0) is 16.1 Å². The van der Waals surface area contributed by atoms with E-state index in [0.717, 1.165) is 37.1 Å². The van der Waals surface area contributed by atoms with Gasteiger partial charge in [-0.1, -0.05) is 11.6 Å². The van der Waals surface area contributed by atoms with Gasteiger partial charge in [0.2, 0.25) is 5.91 Å². The molecule has 2 heterocycles. The first kappa shape index (κ1) is 14.8. The van der Waals surface area contributed by atoms with E-state index in [4.69, 9.17) is 16.3 Å². The molecular formula is C13H19ClN2O2S. The van der Waals surface area contributed by atoms with Gasteiger partial charge in [0.05, 0.1) is 4.34 Å². The van der Waals surface area contributed by atoms with E-state index in [9.17, 15) is 4.79 Å². The van der Waals surface area contributed by atoms with Crippen LogP contribution in [0.2, 0.25) is 4.34 Å². The molecule has 0 unspecified atom stereocenters. The SMILES string of the molecule is CCOCC(=O)N1CCN(Cc2ccc(Cl)s2)CC1. The van der Waals surface area contributed by atoms with Gasteiger partial charge in [-0.2, -0.15) is 0 Å². The zero-order valence-corrected chi connectivity index (χ0v) is 12.7. The highest BCUT2D eigenvalue weighted by atomic mass is 35.5. The number of nitrogens with zero attached hydrogens (tertiary/aromatic N) is 2. The number of rotatable bonds is 5. The topological polar surface area (TPSA) is 32.8 Å². The van der Waals surface area contributed by atoms with Gasteiger partial charge >= 0.3 is 0 Å². The standard InChI is InChI=1S/C13H19ClN2O2S/c1-2-18-10-13(17)16-7-5-15(6-8-16)9-11-3-4-12(14)19-11/h3-4H,2,5-10H2,1H3. The second-order valence-electron chi connectivity index (χ2n) is 4.50. The van der Waals surface area contributed by atoms with Gasteiger partial charge in [-0.15, -0.1) is 11.3 Å². The molecule has 1 fully saturated rings. The van der Waals surface area contributed by atoms with Crippen LogP contribution in [0, 0.1) is 0 Å². The maximum atomic E-state index is 11.8. The van der Waals surface area contributed by atoms with Crippen molar-refractivity contribution in [3.8, 4) is 0 Å². The molecule has 0 radical (unpaired) electrons. The van der Waals surface area contributed by atoms with E-state index in [1.165, 1.54) is 4.88 Å². The Labute approximate surface area is 122 Å². The number of piperazine rings is 1. The van der Waals surface area contributed by atoms with E-state index in [-0.39, 0.29) is 12.5 Å². The summed E-state index contributed by atoms with van der Waals surface area (Å²) in [5, 5.41) is 0. The fourth-order valence-corrected chi connectivity index (χ4v) is 3.22. The molecule has 0 N–H and O–H groups in total. The van der Waals surface area contributed by atoms with Crippen LogP contribution in [0.25, 0.3) is 0 Å². The number of carbonyl (C=O) groups excluding carboxylic acids is 1. The lowest BCUT2D eigenvalue weighted by Gasteiger charge is -2.34. The normalized spacial score (nSPS) is 16.8. The highest BCUT2D eigenvalue weighted by Crippen LogP contribution is 2.23. The Morgan fingerprint density at radius 1 is 1.37 bits per heavy atom. The molecule has 1 aliphatic heterocycles. The van der Waals surface area contributed by atoms with Gasteiger partial charge in [0.15, 0.2) is 0 Å². The molecule has 4 nitrogen and oxygen atoms in total. The van der Waals surface area contributed by atoms with Crippen LogP contribution in [0.1, 0.15) is 11.8 Å². The van der Waals surface area contributed by atoms with Crippen LogP contribution in [0.4, 0.5) is 0 Å². The monoisotopic (exact) mass is 302 g/mol. The lowest BCUT2D eigenvalue weighted by molar-refractivity contribution is -0.137. The zero-order chi connectivity index (χ0) is 13.7. The van der Waals surface area contributed by atoms with E-state index >= 15 is 0 Å². The summed E-state index contributed by atoms with van der Waals surface area (Å²) in [7, 11) is 0. The average molecular weight is 303 g/mol. The number of halogens is 1. The maximum Gasteiger partial charge on any atom is 0.248 e. The van der Waals surface area contributed by atoms with Gasteiger partial charge < -0.3 is 9.64 Å². The van der Waals surface area contributed by atoms with Gasteiger partial charge in [-0.25, -0.2) is 0 Å². The summed E-state index contributed by atoms with van der Waals surface area (Å²) >= 11 is 7.55. The maximum absolute atomic E-state index is 11.8. The minimum absolute atomic E-state index is 0.0978. The minimum atomic E-state index is 0.0978. The van der Waals surface area contributed by atoms with E-state index in [2.05, 4.69) is 11.0 Å². The lowest BCUT2D eigenvalue weighted by atomic mass is 10.3. The van der Waals surface area contributed by atoms with Crippen LogP contribution in [0.15, 0.2) is 12.1 Å². The number of thiophene rings is 1. The molecule has 106 valence electrons. The summed E-state index contributed by atoms with van der Waals surface area (Å²) in [6, 6.07) is 4.00. The summed E-state index contributed by atoms with van der Waals surface area (Å²) < 4.78 is 5.99. The lowest BCUT2D eigenvalue weighted by Crippen LogP contribution is -2.49. The van der Waals surface area contributed by atoms with E-state index in [1.54, 1.807) is 11.3 Å². The summed E-state index contributed by atoms with van der Waals surface area (Å²) in [6.45, 7) is 7.00. The van der Waals surface area contributed by atoms with Gasteiger partial charge in [-0.3, -0.25) is 9.69 Å². The number of amides is 1. The second kappa shape index (κ2) is 7.24. The van der Waals surface area contributed by atoms with Gasteiger partial charge in [0.25, 0.3) is 0 Å². The Morgan fingerprint density at radius 2 is 2.11 bits per heavy atom. The molecule has 1 amide bonds. The first-order valence-corrected chi connectivity index (χ1v) is 7.70. The van der Waals surface area contributed by atoms with Crippen molar-refractivity contribution < 1.29 is 9.53 Å². The van der Waals surface area contributed by atoms with Crippen molar-refractivity contribution in [2.45, 2.75) is 13.5 Å². The fourth-order valence-electron chi connectivity index (χ4n) is 2.09. The molecular weight excluding hydrogens is 284 g/mol. The zero-order valence-electron chi connectivity index (χ0n) is 11.1. The number of hydrogen-bond donors (Lipinski definition) is 0. The van der Waals surface area contributed by atoms with Crippen molar-refractivity contribution >= 4 is 28.8 Å². The van der Waals surface area contributed by atoms with Crippen LogP contribution >= 0.6 is 22.9 Å². The third kappa shape index (κ3) is 4.45. The van der Waals surface area contributed by atoms with Crippen LogP contribution in [0.5, 0.6) is 0 Å². The summed E-state index contributed by atoms with van der Waals surface area (Å²) in [4.78, 5) is 17.3. The smallest absolute Gasteiger partial charge is 0.248 e. The quantitative estimate of drug-likeness (QED) is 0.835. The van der Waals surface area contributed by atoms with Gasteiger partial charge in [0, 0.05) is 44.2 Å². The van der Waals surface area contributed by atoms with Crippen molar-refractivity contribution in [3.63, 3.8) is 0 Å². The van der Waals surface area contributed by atoms with Crippen LogP contribution < -0.4 is 0 Å². The number of carbonyl (C=O) groups is 1. The molecule has 0 bridgehead atoms. The van der Waals surface area contributed by atoms with Gasteiger partial charge in [-0.05, 0) is 19.1 Å². The summed E-state index contributed by atoms with van der Waals surface area (Å²) in [5.74, 6) is 0.0978. The third-order valence-electron chi connectivity index (χ3n) is 3.16. The van der Waals surface area contributed by atoms with Crippen LogP contribution in [-0.4, -0.2) is 55.1 Å². The highest BCUT2D eigenvalue weighted by molar-refractivity contribution is 7.16. The summed E-state index contributed by atoms with van der Waals surface area (Å²) in [6.07, 6.45) is 0. The van der Waals surface area contributed by atoms with Crippen molar-refractivity contribution in [2.24, 2.45) is 0 Å². The molecule has 6 heteroatoms. The Hall–Kier alpha value is -0.620. The average Bonchev–Trinajstić information content (AvgIpc) is 2.82. The molecule has 2 rings (SSSR count). The Morgan fingerprint density at radius 3 is 2.68 bits per heavy atom. The molecule has 1 saturated heterocycles. The number of ether oxygens (including phenoxy) is 1. The molecule has 0 saturated carbocycles. The molecule has 0 spiro atoms. The third-order valence-corrected chi connectivity index (χ3v) is 4.38. The molecule has 0 atom stereocenters. The van der Waals surface area contributed by atoms with E-state index in [0.29, 0.717) is 6.61 Å². The highest BCUT2D eigenvalue weighted by Gasteiger charge is 2.21. The van der Waals surface area contributed by atoms with Crippen molar-refractivity contribution in [1.29, 1.82) is 0 Å².